The van der Waals surface area contributed by atoms with Gasteiger partial charge in [0.15, 0.2) is 5.69 Å². The largest absolute Gasteiger partial charge is 0.476 e. The average Bonchev–Trinajstić information content (AvgIpc) is 2.73. The van der Waals surface area contributed by atoms with E-state index in [2.05, 4.69) is 17.0 Å². The van der Waals surface area contributed by atoms with Gasteiger partial charge in [-0.2, -0.15) is 5.10 Å². The third-order valence-electron chi connectivity index (χ3n) is 3.37. The fraction of sp³-hybridized carbons (Fsp3) is 0.667. The molecular weight excluding hydrogens is 218 g/mol. The maximum Gasteiger partial charge on any atom is 0.356 e. The van der Waals surface area contributed by atoms with Crippen molar-refractivity contribution in [1.82, 2.24) is 14.7 Å². The minimum Gasteiger partial charge on any atom is -0.476 e. The maximum absolute atomic E-state index is 10.9. The standard InChI is InChI=1S/C12H19N3O2/c1-3-15-11(7-10(13-15)12(16)17)9-5-4-6-14(2)8-9/h7,9H,3-6,8H2,1-2H3,(H,16,17). The van der Waals surface area contributed by atoms with Gasteiger partial charge in [-0.3, -0.25) is 4.68 Å². The summed E-state index contributed by atoms with van der Waals surface area (Å²) in [4.78, 5) is 13.2. The lowest BCUT2D eigenvalue weighted by Crippen LogP contribution is -2.31. The second kappa shape index (κ2) is 4.87. The molecule has 0 saturated carbocycles. The minimum atomic E-state index is -0.942. The lowest BCUT2D eigenvalue weighted by molar-refractivity contribution is 0.0689. The van der Waals surface area contributed by atoms with Crippen molar-refractivity contribution in [3.63, 3.8) is 0 Å². The van der Waals surface area contributed by atoms with Crippen LogP contribution in [0.15, 0.2) is 6.07 Å². The number of carboxylic acids is 1. The number of hydrogen-bond acceptors (Lipinski definition) is 3. The monoisotopic (exact) mass is 237 g/mol. The summed E-state index contributed by atoms with van der Waals surface area (Å²) >= 11 is 0. The Morgan fingerprint density at radius 3 is 3.00 bits per heavy atom. The van der Waals surface area contributed by atoms with Crippen molar-refractivity contribution in [3.05, 3.63) is 17.5 Å². The van der Waals surface area contributed by atoms with Gasteiger partial charge < -0.3 is 10.0 Å². The first kappa shape index (κ1) is 12.1. The molecule has 1 aromatic rings. The highest BCUT2D eigenvalue weighted by atomic mass is 16.4. The van der Waals surface area contributed by atoms with Crippen LogP contribution in [0.1, 0.15) is 41.9 Å². The van der Waals surface area contributed by atoms with E-state index in [4.69, 9.17) is 5.11 Å². The molecule has 0 spiro atoms. The quantitative estimate of drug-likeness (QED) is 0.863. The summed E-state index contributed by atoms with van der Waals surface area (Å²) in [5, 5.41) is 13.1. The van der Waals surface area contributed by atoms with Crippen LogP contribution >= 0.6 is 0 Å². The van der Waals surface area contributed by atoms with Crippen molar-refractivity contribution >= 4 is 5.97 Å². The van der Waals surface area contributed by atoms with Crippen molar-refractivity contribution in [2.75, 3.05) is 20.1 Å². The van der Waals surface area contributed by atoms with Crippen LogP contribution in [-0.4, -0.2) is 45.9 Å². The number of aryl methyl sites for hydroxylation is 1. The fourth-order valence-corrected chi connectivity index (χ4v) is 2.53. The first-order valence-corrected chi connectivity index (χ1v) is 6.11. The zero-order valence-corrected chi connectivity index (χ0v) is 10.4. The third kappa shape index (κ3) is 2.49. The highest BCUT2D eigenvalue weighted by molar-refractivity contribution is 5.85. The second-order valence-corrected chi connectivity index (χ2v) is 4.68. The zero-order valence-electron chi connectivity index (χ0n) is 10.4. The van der Waals surface area contributed by atoms with E-state index in [1.54, 1.807) is 6.07 Å². The molecule has 1 saturated heterocycles. The molecule has 5 heteroatoms. The fourth-order valence-electron chi connectivity index (χ4n) is 2.53. The normalized spacial score (nSPS) is 21.6. The van der Waals surface area contributed by atoms with Gasteiger partial charge >= 0.3 is 5.97 Å². The topological polar surface area (TPSA) is 58.4 Å². The lowest BCUT2D eigenvalue weighted by atomic mass is 9.95. The Labute approximate surface area is 101 Å². The molecule has 94 valence electrons. The van der Waals surface area contributed by atoms with Crippen molar-refractivity contribution in [1.29, 1.82) is 0 Å². The van der Waals surface area contributed by atoms with E-state index in [1.807, 2.05) is 11.6 Å². The molecular formula is C12H19N3O2. The highest BCUT2D eigenvalue weighted by Crippen LogP contribution is 2.26. The number of rotatable bonds is 3. The first-order chi connectivity index (χ1) is 8.11. The van der Waals surface area contributed by atoms with Gasteiger partial charge in [-0.25, -0.2) is 4.79 Å². The SMILES string of the molecule is CCn1nc(C(=O)O)cc1C1CCCN(C)C1. The first-order valence-electron chi connectivity index (χ1n) is 6.11. The lowest BCUT2D eigenvalue weighted by Gasteiger charge is -2.29. The van der Waals surface area contributed by atoms with Crippen LogP contribution in [0.4, 0.5) is 0 Å². The molecule has 1 N–H and O–H groups in total. The molecule has 17 heavy (non-hydrogen) atoms. The Balaban J connectivity index is 2.26. The second-order valence-electron chi connectivity index (χ2n) is 4.68. The Hall–Kier alpha value is -1.36. The smallest absolute Gasteiger partial charge is 0.356 e. The summed E-state index contributed by atoms with van der Waals surface area (Å²) in [6.45, 7) is 4.84. The minimum absolute atomic E-state index is 0.162. The summed E-state index contributed by atoms with van der Waals surface area (Å²) in [6.07, 6.45) is 2.29. The number of piperidine rings is 1. The predicted octanol–water partition coefficient (Wildman–Crippen LogP) is 1.41. The maximum atomic E-state index is 10.9. The number of carbonyl (C=O) groups is 1. The van der Waals surface area contributed by atoms with Crippen LogP contribution in [0.25, 0.3) is 0 Å². The van der Waals surface area contributed by atoms with Crippen LogP contribution < -0.4 is 0 Å². The van der Waals surface area contributed by atoms with Crippen molar-refractivity contribution in [3.8, 4) is 0 Å². The van der Waals surface area contributed by atoms with Crippen LogP contribution in [0.2, 0.25) is 0 Å². The molecule has 1 unspecified atom stereocenters. The summed E-state index contributed by atoms with van der Waals surface area (Å²) in [6, 6.07) is 1.73. The van der Waals surface area contributed by atoms with Gasteiger partial charge in [0, 0.05) is 24.7 Å². The molecule has 1 atom stereocenters. The number of likely N-dealkylation sites (N-methyl/N-ethyl adjacent to an activating group) is 1. The predicted molar refractivity (Wildman–Crippen MR) is 64.3 cm³/mol. The molecule has 0 radical (unpaired) electrons. The Bertz CT molecular complexity index is 414. The Morgan fingerprint density at radius 2 is 2.41 bits per heavy atom. The molecule has 0 bridgehead atoms. The molecule has 1 aromatic heterocycles. The number of carboxylic acid groups (broad SMARTS) is 1. The molecule has 2 rings (SSSR count). The van der Waals surface area contributed by atoms with Gasteiger partial charge in [0.2, 0.25) is 0 Å². The van der Waals surface area contributed by atoms with E-state index in [0.29, 0.717) is 5.92 Å². The molecule has 0 aromatic carbocycles. The van der Waals surface area contributed by atoms with E-state index in [9.17, 15) is 4.79 Å². The Morgan fingerprint density at radius 1 is 1.65 bits per heavy atom. The molecule has 1 aliphatic rings. The van der Waals surface area contributed by atoms with Crippen molar-refractivity contribution < 1.29 is 9.90 Å². The zero-order chi connectivity index (χ0) is 12.4. The molecule has 5 nitrogen and oxygen atoms in total. The number of aromatic nitrogens is 2. The van der Waals surface area contributed by atoms with Gasteiger partial charge in [0.25, 0.3) is 0 Å². The van der Waals surface area contributed by atoms with Gasteiger partial charge in [0.05, 0.1) is 0 Å². The highest BCUT2D eigenvalue weighted by Gasteiger charge is 2.24. The number of hydrogen-bond donors (Lipinski definition) is 1. The summed E-state index contributed by atoms with van der Waals surface area (Å²) < 4.78 is 1.83. The summed E-state index contributed by atoms with van der Waals surface area (Å²) in [7, 11) is 2.11. The van der Waals surface area contributed by atoms with Crippen LogP contribution in [-0.2, 0) is 6.54 Å². The van der Waals surface area contributed by atoms with E-state index in [0.717, 1.165) is 31.7 Å². The van der Waals surface area contributed by atoms with Gasteiger partial charge in [-0.15, -0.1) is 0 Å². The number of nitrogens with zero attached hydrogens (tertiary/aromatic N) is 3. The summed E-state index contributed by atoms with van der Waals surface area (Å²) in [5.74, 6) is -0.531. The van der Waals surface area contributed by atoms with E-state index in [-0.39, 0.29) is 5.69 Å². The van der Waals surface area contributed by atoms with Crippen LogP contribution in [0.5, 0.6) is 0 Å². The van der Waals surface area contributed by atoms with E-state index < -0.39 is 5.97 Å². The van der Waals surface area contributed by atoms with Gasteiger partial charge in [-0.05, 0) is 39.4 Å². The molecule has 0 aliphatic carbocycles. The average molecular weight is 237 g/mol. The molecule has 2 heterocycles. The Kier molecular flexibility index (Phi) is 3.47. The van der Waals surface area contributed by atoms with Crippen molar-refractivity contribution in [2.45, 2.75) is 32.2 Å². The molecule has 1 fully saturated rings. The van der Waals surface area contributed by atoms with Crippen molar-refractivity contribution in [2.24, 2.45) is 0 Å². The van der Waals surface area contributed by atoms with Crippen LogP contribution in [0, 0.1) is 0 Å². The third-order valence-corrected chi connectivity index (χ3v) is 3.37. The van der Waals surface area contributed by atoms with E-state index >= 15 is 0 Å². The van der Waals surface area contributed by atoms with Gasteiger partial charge in [0.1, 0.15) is 0 Å². The van der Waals surface area contributed by atoms with Gasteiger partial charge in [-0.1, -0.05) is 0 Å². The number of likely N-dealkylation sites (tertiary alicyclic amines) is 1. The van der Waals surface area contributed by atoms with Crippen LogP contribution in [0.3, 0.4) is 0 Å². The molecule has 0 amide bonds. The molecule has 1 aliphatic heterocycles. The number of aromatic carboxylic acids is 1. The summed E-state index contributed by atoms with van der Waals surface area (Å²) in [5.41, 5.74) is 1.23. The van der Waals surface area contributed by atoms with E-state index in [1.165, 1.54) is 6.42 Å².